The summed E-state index contributed by atoms with van der Waals surface area (Å²) >= 11 is 3.19. The number of aryl methyl sites for hydroxylation is 2. The molecular formula is C15H16BrFN2O. The summed E-state index contributed by atoms with van der Waals surface area (Å²) < 4.78 is 19.0. The van der Waals surface area contributed by atoms with E-state index in [9.17, 15) is 4.39 Å². The van der Waals surface area contributed by atoms with Crippen LogP contribution in [0.3, 0.4) is 0 Å². The molecule has 0 aliphatic heterocycles. The van der Waals surface area contributed by atoms with Crippen molar-refractivity contribution in [3.63, 3.8) is 0 Å². The van der Waals surface area contributed by atoms with E-state index in [1.54, 1.807) is 13.2 Å². The monoisotopic (exact) mass is 338 g/mol. The number of methoxy groups -OCH3 is 1. The second-order valence-corrected chi connectivity index (χ2v) is 5.43. The van der Waals surface area contributed by atoms with Crippen LogP contribution in [0.25, 0.3) is 0 Å². The van der Waals surface area contributed by atoms with E-state index in [2.05, 4.69) is 26.2 Å². The molecule has 0 fully saturated rings. The maximum atomic E-state index is 13.4. The minimum atomic E-state index is -0.261. The maximum Gasteiger partial charge on any atom is 0.137 e. The first-order valence-electron chi connectivity index (χ1n) is 6.20. The molecule has 2 aromatic rings. The van der Waals surface area contributed by atoms with E-state index < -0.39 is 0 Å². The Morgan fingerprint density at radius 2 is 2.00 bits per heavy atom. The molecule has 2 rings (SSSR count). The Balaban J connectivity index is 2.16. The van der Waals surface area contributed by atoms with Crippen molar-refractivity contribution in [3.8, 4) is 5.75 Å². The second kappa shape index (κ2) is 6.22. The largest absolute Gasteiger partial charge is 0.497 e. The average Bonchev–Trinajstić information content (AvgIpc) is 2.40. The van der Waals surface area contributed by atoms with Gasteiger partial charge in [-0.25, -0.2) is 4.39 Å². The maximum absolute atomic E-state index is 13.4. The Morgan fingerprint density at radius 3 is 2.70 bits per heavy atom. The molecule has 1 aromatic carbocycles. The highest BCUT2D eigenvalue weighted by molar-refractivity contribution is 9.10. The molecule has 0 saturated heterocycles. The van der Waals surface area contributed by atoms with Crippen molar-refractivity contribution in [1.29, 1.82) is 0 Å². The number of nitrogens with zero attached hydrogens (tertiary/aromatic N) is 1. The smallest absolute Gasteiger partial charge is 0.137 e. The van der Waals surface area contributed by atoms with Crippen LogP contribution in [0.5, 0.6) is 5.75 Å². The summed E-state index contributed by atoms with van der Waals surface area (Å²) in [6, 6.07) is 6.99. The summed E-state index contributed by atoms with van der Waals surface area (Å²) in [5, 5.41) is 3.26. The summed E-state index contributed by atoms with van der Waals surface area (Å²) in [4.78, 5) is 4.44. The minimum absolute atomic E-state index is 0.261. The van der Waals surface area contributed by atoms with Gasteiger partial charge in [-0.15, -0.1) is 0 Å². The lowest BCUT2D eigenvalue weighted by Gasteiger charge is -2.11. The normalized spacial score (nSPS) is 10.4. The number of hydrogen-bond donors (Lipinski definition) is 1. The fourth-order valence-corrected chi connectivity index (χ4v) is 2.28. The highest BCUT2D eigenvalue weighted by atomic mass is 79.9. The van der Waals surface area contributed by atoms with Crippen molar-refractivity contribution in [3.05, 3.63) is 51.5 Å². The van der Waals surface area contributed by atoms with Gasteiger partial charge in [-0.1, -0.05) is 0 Å². The number of aromatic nitrogens is 1. The van der Waals surface area contributed by atoms with Crippen LogP contribution >= 0.6 is 15.9 Å². The van der Waals surface area contributed by atoms with Gasteiger partial charge in [0.05, 0.1) is 23.8 Å². The molecule has 0 aliphatic carbocycles. The zero-order valence-corrected chi connectivity index (χ0v) is 13.2. The molecule has 106 valence electrons. The van der Waals surface area contributed by atoms with Crippen molar-refractivity contribution in [2.24, 2.45) is 0 Å². The highest BCUT2D eigenvalue weighted by Gasteiger charge is 2.06. The third-order valence-corrected chi connectivity index (χ3v) is 3.55. The zero-order chi connectivity index (χ0) is 14.7. The predicted octanol–water partition coefficient (Wildman–Crippen LogP) is 4.22. The van der Waals surface area contributed by atoms with E-state index >= 15 is 0 Å². The number of rotatable bonds is 4. The highest BCUT2D eigenvalue weighted by Crippen LogP contribution is 2.25. The third kappa shape index (κ3) is 3.48. The van der Waals surface area contributed by atoms with Crippen molar-refractivity contribution < 1.29 is 9.13 Å². The first kappa shape index (κ1) is 14.8. The van der Waals surface area contributed by atoms with Gasteiger partial charge < -0.3 is 10.1 Å². The van der Waals surface area contributed by atoms with Gasteiger partial charge in [0.15, 0.2) is 0 Å². The Labute approximate surface area is 126 Å². The fraction of sp³-hybridized carbons (Fsp3) is 0.267. The number of hydrogen-bond acceptors (Lipinski definition) is 3. The van der Waals surface area contributed by atoms with E-state index in [0.29, 0.717) is 11.0 Å². The Kier molecular flexibility index (Phi) is 4.60. The summed E-state index contributed by atoms with van der Waals surface area (Å²) in [5.41, 5.74) is 3.51. The number of nitrogens with one attached hydrogen (secondary N) is 1. The molecule has 0 atom stereocenters. The molecule has 0 saturated carbocycles. The van der Waals surface area contributed by atoms with Crippen LogP contribution in [0.2, 0.25) is 0 Å². The Bertz CT molecular complexity index is 632. The van der Waals surface area contributed by atoms with Gasteiger partial charge in [-0.05, 0) is 47.5 Å². The Morgan fingerprint density at radius 1 is 1.25 bits per heavy atom. The van der Waals surface area contributed by atoms with Gasteiger partial charge in [-0.2, -0.15) is 0 Å². The van der Waals surface area contributed by atoms with Crippen LogP contribution in [0.15, 0.2) is 28.7 Å². The summed E-state index contributed by atoms with van der Waals surface area (Å²) in [6.45, 7) is 4.34. The van der Waals surface area contributed by atoms with Crippen LogP contribution in [-0.4, -0.2) is 12.1 Å². The van der Waals surface area contributed by atoms with Crippen LogP contribution in [0.1, 0.15) is 17.0 Å². The molecule has 0 radical (unpaired) electrons. The van der Waals surface area contributed by atoms with Crippen LogP contribution < -0.4 is 10.1 Å². The van der Waals surface area contributed by atoms with Crippen molar-refractivity contribution in [1.82, 2.24) is 4.98 Å². The first-order valence-corrected chi connectivity index (χ1v) is 7.00. The molecule has 0 aliphatic rings. The Hall–Kier alpha value is -1.62. The summed E-state index contributed by atoms with van der Waals surface area (Å²) in [6.07, 6.45) is 0. The number of benzene rings is 1. The van der Waals surface area contributed by atoms with E-state index in [1.165, 1.54) is 6.07 Å². The molecule has 0 unspecified atom stereocenters. The van der Waals surface area contributed by atoms with Crippen molar-refractivity contribution >= 4 is 21.6 Å². The molecule has 0 spiro atoms. The van der Waals surface area contributed by atoms with E-state index in [-0.39, 0.29) is 5.82 Å². The molecule has 3 nitrogen and oxygen atoms in total. The molecular weight excluding hydrogens is 323 g/mol. The molecule has 5 heteroatoms. The number of pyridine rings is 1. The quantitative estimate of drug-likeness (QED) is 0.906. The van der Waals surface area contributed by atoms with Gasteiger partial charge in [0, 0.05) is 23.5 Å². The predicted molar refractivity (Wildman–Crippen MR) is 81.7 cm³/mol. The summed E-state index contributed by atoms with van der Waals surface area (Å²) in [7, 11) is 1.63. The standard InChI is InChI=1S/C15H16BrFN2O/c1-9-4-14(17)13(16)7-15(9)18-8-11-6-12(20-3)5-10(2)19-11/h4-7,18H,8H2,1-3H3. The second-order valence-electron chi connectivity index (χ2n) is 4.57. The van der Waals surface area contributed by atoms with E-state index in [1.807, 2.05) is 26.0 Å². The van der Waals surface area contributed by atoms with E-state index in [4.69, 9.17) is 4.74 Å². The average molecular weight is 339 g/mol. The van der Waals surface area contributed by atoms with E-state index in [0.717, 1.165) is 28.4 Å². The molecule has 0 bridgehead atoms. The van der Waals surface area contributed by atoms with Crippen LogP contribution in [0.4, 0.5) is 10.1 Å². The molecule has 0 amide bonds. The van der Waals surface area contributed by atoms with Gasteiger partial charge in [-0.3, -0.25) is 4.98 Å². The summed E-state index contributed by atoms with van der Waals surface area (Å²) in [5.74, 6) is 0.523. The molecule has 1 aromatic heterocycles. The van der Waals surface area contributed by atoms with Gasteiger partial charge >= 0.3 is 0 Å². The topological polar surface area (TPSA) is 34.1 Å². The lowest BCUT2D eigenvalue weighted by molar-refractivity contribution is 0.413. The SMILES string of the molecule is COc1cc(C)nc(CNc2cc(Br)c(F)cc2C)c1. The molecule has 1 N–H and O–H groups in total. The lowest BCUT2D eigenvalue weighted by Crippen LogP contribution is -2.04. The van der Waals surface area contributed by atoms with Crippen molar-refractivity contribution in [2.45, 2.75) is 20.4 Å². The first-order chi connectivity index (χ1) is 9.49. The van der Waals surface area contributed by atoms with Gasteiger partial charge in [0.2, 0.25) is 0 Å². The third-order valence-electron chi connectivity index (χ3n) is 2.94. The molecule has 1 heterocycles. The fourth-order valence-electron chi connectivity index (χ4n) is 1.93. The number of halogens is 2. The van der Waals surface area contributed by atoms with Gasteiger partial charge in [0.1, 0.15) is 11.6 Å². The minimum Gasteiger partial charge on any atom is -0.497 e. The van der Waals surface area contributed by atoms with Gasteiger partial charge in [0.25, 0.3) is 0 Å². The van der Waals surface area contributed by atoms with Crippen molar-refractivity contribution in [2.75, 3.05) is 12.4 Å². The lowest BCUT2D eigenvalue weighted by atomic mass is 10.2. The number of ether oxygens (including phenoxy) is 1. The number of anilines is 1. The zero-order valence-electron chi connectivity index (χ0n) is 11.6. The van der Waals surface area contributed by atoms with Crippen LogP contribution in [-0.2, 0) is 6.54 Å². The van der Waals surface area contributed by atoms with Crippen LogP contribution in [0, 0.1) is 19.7 Å². The molecule has 20 heavy (non-hydrogen) atoms.